The average molecular weight is 360 g/mol. The molecule has 0 aliphatic rings. The number of fused-ring (bicyclic) bond motifs is 3. The maximum atomic E-state index is 5.67. The van der Waals surface area contributed by atoms with E-state index in [1.165, 1.54) is 0 Å². The van der Waals surface area contributed by atoms with Crippen LogP contribution in [0, 0.1) is 0 Å². The number of hydrogen-bond donors (Lipinski definition) is 1. The van der Waals surface area contributed by atoms with Gasteiger partial charge in [0.15, 0.2) is 11.5 Å². The van der Waals surface area contributed by atoms with Crippen LogP contribution in [0.5, 0.6) is 5.75 Å². The first kappa shape index (κ1) is 17.0. The first-order valence-electron chi connectivity index (χ1n) is 8.96. The van der Waals surface area contributed by atoms with Gasteiger partial charge in [-0.2, -0.15) is 9.62 Å². The summed E-state index contributed by atoms with van der Waals surface area (Å²) in [6.45, 7) is 2.89. The smallest absolute Gasteiger partial charge is 0.185 e. The van der Waals surface area contributed by atoms with Crippen molar-refractivity contribution in [1.29, 1.82) is 0 Å². The van der Waals surface area contributed by atoms with Crippen LogP contribution in [-0.2, 0) is 0 Å². The van der Waals surface area contributed by atoms with E-state index in [0.717, 1.165) is 47.2 Å². The number of benzene rings is 2. The number of unbranched alkanes of at least 4 members (excludes halogenated alkanes) is 1. The van der Waals surface area contributed by atoms with Gasteiger partial charge in [-0.1, -0.05) is 37.6 Å². The van der Waals surface area contributed by atoms with Crippen molar-refractivity contribution in [1.82, 2.24) is 19.8 Å². The highest BCUT2D eigenvalue weighted by molar-refractivity contribution is 5.99. The molecular weight excluding hydrogens is 340 g/mol. The molecule has 0 aliphatic heterocycles. The summed E-state index contributed by atoms with van der Waals surface area (Å²) in [6.07, 6.45) is 5.52. The maximum absolute atomic E-state index is 5.67. The largest absolute Gasteiger partial charge is 0.494 e. The van der Waals surface area contributed by atoms with Crippen LogP contribution in [0.2, 0.25) is 0 Å². The summed E-state index contributed by atoms with van der Waals surface area (Å²) in [5.74, 6) is 1.52. The second kappa shape index (κ2) is 7.82. The van der Waals surface area contributed by atoms with Crippen LogP contribution in [0.4, 0.5) is 5.82 Å². The average Bonchev–Trinajstić information content (AvgIpc) is 3.18. The van der Waals surface area contributed by atoms with Crippen LogP contribution in [0.1, 0.15) is 25.3 Å². The van der Waals surface area contributed by atoms with Gasteiger partial charge in [0.1, 0.15) is 12.1 Å². The van der Waals surface area contributed by atoms with Gasteiger partial charge in [0.2, 0.25) is 0 Å². The number of ether oxygens (including phenoxy) is 1. The van der Waals surface area contributed by atoms with E-state index in [0.29, 0.717) is 5.82 Å². The minimum absolute atomic E-state index is 0.647. The van der Waals surface area contributed by atoms with Crippen molar-refractivity contribution in [3.8, 4) is 5.75 Å². The lowest BCUT2D eigenvalue weighted by molar-refractivity contribution is 0.309. The molecule has 7 heteroatoms. The van der Waals surface area contributed by atoms with Gasteiger partial charge in [0.25, 0.3) is 0 Å². The molecule has 0 radical (unpaired) electrons. The molecule has 0 aliphatic carbocycles. The van der Waals surface area contributed by atoms with E-state index in [2.05, 4.69) is 32.7 Å². The van der Waals surface area contributed by atoms with E-state index in [9.17, 15) is 0 Å². The van der Waals surface area contributed by atoms with E-state index < -0.39 is 0 Å². The molecule has 0 spiro atoms. The zero-order valence-corrected chi connectivity index (χ0v) is 15.0. The Bertz CT molecular complexity index is 1070. The van der Waals surface area contributed by atoms with Crippen LogP contribution in [0.25, 0.3) is 16.4 Å². The van der Waals surface area contributed by atoms with Gasteiger partial charge in [0.05, 0.1) is 12.8 Å². The second-order valence-corrected chi connectivity index (χ2v) is 6.13. The fraction of sp³-hybridized carbons (Fsp3) is 0.200. The number of nitrogens with zero attached hydrogens (tertiary/aromatic N) is 5. The molecule has 0 unspecified atom stereocenters. The van der Waals surface area contributed by atoms with Gasteiger partial charge < -0.3 is 4.74 Å². The Kier molecular flexibility index (Phi) is 4.91. The van der Waals surface area contributed by atoms with Gasteiger partial charge in [-0.3, -0.25) is 5.43 Å². The summed E-state index contributed by atoms with van der Waals surface area (Å²) in [4.78, 5) is 0. The Hall–Kier alpha value is -3.48. The molecule has 2 heterocycles. The highest BCUT2D eigenvalue weighted by Crippen LogP contribution is 2.23. The van der Waals surface area contributed by atoms with E-state index >= 15 is 0 Å². The summed E-state index contributed by atoms with van der Waals surface area (Å²) >= 11 is 0. The number of aromatic nitrogens is 4. The molecule has 0 bridgehead atoms. The zero-order valence-electron chi connectivity index (χ0n) is 15.0. The Morgan fingerprint density at radius 3 is 2.74 bits per heavy atom. The molecule has 7 nitrogen and oxygen atoms in total. The first-order valence-corrected chi connectivity index (χ1v) is 8.96. The minimum Gasteiger partial charge on any atom is -0.494 e. The number of rotatable bonds is 7. The summed E-state index contributed by atoms with van der Waals surface area (Å²) < 4.78 is 7.31. The van der Waals surface area contributed by atoms with Crippen molar-refractivity contribution < 1.29 is 4.74 Å². The molecule has 4 aromatic rings. The third-order valence-corrected chi connectivity index (χ3v) is 4.19. The predicted octanol–water partition coefficient (Wildman–Crippen LogP) is 3.90. The van der Waals surface area contributed by atoms with E-state index in [-0.39, 0.29) is 0 Å². The summed E-state index contributed by atoms with van der Waals surface area (Å²) in [7, 11) is 0. The number of nitrogens with one attached hydrogen (secondary N) is 1. The quantitative estimate of drug-likeness (QED) is 0.307. The summed E-state index contributed by atoms with van der Waals surface area (Å²) in [6, 6.07) is 15.8. The van der Waals surface area contributed by atoms with E-state index in [1.807, 2.05) is 48.5 Å². The lowest BCUT2D eigenvalue weighted by Gasteiger charge is -2.06. The number of hydrazone groups is 1. The Morgan fingerprint density at radius 1 is 1.11 bits per heavy atom. The maximum Gasteiger partial charge on any atom is 0.185 e. The SMILES string of the molecule is CCCCOc1ccc(/C=N/Nc2nn3cnnc3c3ccccc23)cc1. The normalized spacial score (nSPS) is 11.4. The second-order valence-electron chi connectivity index (χ2n) is 6.13. The standard InChI is InChI=1S/C20H20N6O/c1-2-3-12-27-16-10-8-15(9-11-16)13-21-23-19-17-6-4-5-7-18(17)20-24-22-14-26(20)25-19/h4-11,13-14H,2-3,12H2,1H3,(H,23,25)/b21-13+. The third-order valence-electron chi connectivity index (χ3n) is 4.19. The molecule has 27 heavy (non-hydrogen) atoms. The van der Waals surface area contributed by atoms with Crippen LogP contribution in [0.3, 0.4) is 0 Å². The number of anilines is 1. The van der Waals surface area contributed by atoms with Crippen molar-refractivity contribution >= 4 is 28.5 Å². The molecule has 2 aromatic heterocycles. The molecule has 2 aromatic carbocycles. The highest BCUT2D eigenvalue weighted by Gasteiger charge is 2.08. The number of hydrogen-bond acceptors (Lipinski definition) is 6. The van der Waals surface area contributed by atoms with Gasteiger partial charge >= 0.3 is 0 Å². The summed E-state index contributed by atoms with van der Waals surface area (Å²) in [5, 5.41) is 18.8. The molecule has 1 N–H and O–H groups in total. The first-order chi connectivity index (χ1) is 13.3. The van der Waals surface area contributed by atoms with Gasteiger partial charge in [-0.15, -0.1) is 15.3 Å². The molecule has 0 fully saturated rings. The third kappa shape index (κ3) is 3.72. The molecule has 136 valence electrons. The Balaban J connectivity index is 1.51. The minimum atomic E-state index is 0.647. The molecular formula is C20H20N6O. The van der Waals surface area contributed by atoms with E-state index in [4.69, 9.17) is 4.74 Å². The molecule has 0 saturated carbocycles. The lowest BCUT2D eigenvalue weighted by atomic mass is 10.2. The molecule has 0 saturated heterocycles. The van der Waals surface area contributed by atoms with Crippen molar-refractivity contribution in [2.45, 2.75) is 19.8 Å². The molecule has 0 atom stereocenters. The van der Waals surface area contributed by atoms with Crippen molar-refractivity contribution in [3.05, 3.63) is 60.4 Å². The van der Waals surface area contributed by atoms with Crippen LogP contribution >= 0.6 is 0 Å². The molecule has 4 rings (SSSR count). The molecule has 0 amide bonds. The predicted molar refractivity (Wildman–Crippen MR) is 106 cm³/mol. The van der Waals surface area contributed by atoms with Crippen molar-refractivity contribution in [2.24, 2.45) is 5.10 Å². The van der Waals surface area contributed by atoms with Crippen molar-refractivity contribution in [3.63, 3.8) is 0 Å². The Morgan fingerprint density at radius 2 is 1.93 bits per heavy atom. The van der Waals surface area contributed by atoms with Crippen molar-refractivity contribution in [2.75, 3.05) is 12.0 Å². The Labute approximate surface area is 156 Å². The topological polar surface area (TPSA) is 76.7 Å². The van der Waals surface area contributed by atoms with Gasteiger partial charge in [-0.05, 0) is 36.2 Å². The fourth-order valence-electron chi connectivity index (χ4n) is 2.76. The van der Waals surface area contributed by atoms with E-state index in [1.54, 1.807) is 17.1 Å². The lowest BCUT2D eigenvalue weighted by Crippen LogP contribution is -2.00. The van der Waals surface area contributed by atoms with Crippen LogP contribution in [0.15, 0.2) is 60.0 Å². The summed E-state index contributed by atoms with van der Waals surface area (Å²) in [5.41, 5.74) is 4.72. The zero-order chi connectivity index (χ0) is 18.5. The van der Waals surface area contributed by atoms with Gasteiger partial charge in [0, 0.05) is 10.8 Å². The highest BCUT2D eigenvalue weighted by atomic mass is 16.5. The van der Waals surface area contributed by atoms with Crippen LogP contribution in [-0.4, -0.2) is 32.6 Å². The monoisotopic (exact) mass is 360 g/mol. The van der Waals surface area contributed by atoms with Crippen LogP contribution < -0.4 is 10.2 Å². The van der Waals surface area contributed by atoms with Gasteiger partial charge in [-0.25, -0.2) is 0 Å². The fourth-order valence-corrected chi connectivity index (χ4v) is 2.76.